The molecule has 0 radical (unpaired) electrons. The zero-order valence-electron chi connectivity index (χ0n) is 12.6. The highest BCUT2D eigenvalue weighted by molar-refractivity contribution is 5.82. The molecule has 0 aliphatic carbocycles. The smallest absolute Gasteiger partial charge is 0.290 e. The summed E-state index contributed by atoms with van der Waals surface area (Å²) in [6.07, 6.45) is 3.72. The van der Waals surface area contributed by atoms with E-state index in [1.807, 2.05) is 17.8 Å². The van der Waals surface area contributed by atoms with Crippen molar-refractivity contribution in [1.29, 1.82) is 0 Å². The Morgan fingerprint density at radius 2 is 2.14 bits per heavy atom. The van der Waals surface area contributed by atoms with Gasteiger partial charge in [-0.15, -0.1) is 10.2 Å². The highest BCUT2D eigenvalue weighted by Crippen LogP contribution is 2.19. The van der Waals surface area contributed by atoms with E-state index < -0.39 is 0 Å². The van der Waals surface area contributed by atoms with Gasteiger partial charge in [0.25, 0.3) is 6.47 Å². The minimum Gasteiger partial charge on any atom is -0.483 e. The minimum absolute atomic E-state index is 0.250. The van der Waals surface area contributed by atoms with E-state index in [1.165, 1.54) is 16.5 Å². The van der Waals surface area contributed by atoms with Crippen molar-refractivity contribution < 1.29 is 9.90 Å². The number of H-pyrrole nitrogens is 1. The Morgan fingerprint density at radius 3 is 2.82 bits per heavy atom. The monoisotopic (exact) mass is 301 g/mol. The summed E-state index contributed by atoms with van der Waals surface area (Å²) < 4.78 is 1.95. The molecule has 0 aliphatic heterocycles. The summed E-state index contributed by atoms with van der Waals surface area (Å²) in [6.45, 7) is 1.43. The lowest BCUT2D eigenvalue weighted by Crippen LogP contribution is -2.19. The van der Waals surface area contributed by atoms with Crippen molar-refractivity contribution in [2.75, 3.05) is 7.05 Å². The molecular formula is C15H19N5O2. The first-order valence-electron chi connectivity index (χ1n) is 6.80. The van der Waals surface area contributed by atoms with Crippen molar-refractivity contribution in [2.45, 2.75) is 13.1 Å². The first kappa shape index (κ1) is 15.7. The van der Waals surface area contributed by atoms with Crippen LogP contribution in [0.5, 0.6) is 0 Å². The van der Waals surface area contributed by atoms with E-state index in [4.69, 9.17) is 9.90 Å². The van der Waals surface area contributed by atoms with E-state index in [2.05, 4.69) is 51.4 Å². The third-order valence-electron chi connectivity index (χ3n) is 3.34. The van der Waals surface area contributed by atoms with Crippen LogP contribution in [0.1, 0.15) is 11.4 Å². The summed E-state index contributed by atoms with van der Waals surface area (Å²) >= 11 is 0. The first-order valence-corrected chi connectivity index (χ1v) is 6.80. The summed E-state index contributed by atoms with van der Waals surface area (Å²) in [5.74, 6) is 0.976. The minimum atomic E-state index is -0.250. The van der Waals surface area contributed by atoms with Crippen LogP contribution in [0.3, 0.4) is 0 Å². The second-order valence-electron chi connectivity index (χ2n) is 4.99. The number of hydrogen-bond acceptors (Lipinski definition) is 4. The number of aryl methyl sites for hydroxylation is 1. The van der Waals surface area contributed by atoms with Gasteiger partial charge in [0.15, 0.2) is 0 Å². The number of nitrogens with one attached hydrogen (secondary N) is 1. The Hall–Kier alpha value is -2.67. The third kappa shape index (κ3) is 3.70. The van der Waals surface area contributed by atoms with Crippen molar-refractivity contribution >= 4 is 17.4 Å². The predicted octanol–water partition coefficient (Wildman–Crippen LogP) is 1.63. The Kier molecular flexibility index (Phi) is 5.26. The second-order valence-corrected chi connectivity index (χ2v) is 4.99. The average molecular weight is 301 g/mol. The molecule has 1 aromatic carbocycles. The molecule has 0 saturated carbocycles. The van der Waals surface area contributed by atoms with Gasteiger partial charge in [-0.25, -0.2) is 0 Å². The van der Waals surface area contributed by atoms with E-state index >= 15 is 0 Å². The molecule has 3 rings (SSSR count). The number of carboxylic acid groups (broad SMARTS) is 1. The van der Waals surface area contributed by atoms with Crippen LogP contribution in [0, 0.1) is 0 Å². The molecule has 0 spiro atoms. The number of rotatable bonds is 4. The van der Waals surface area contributed by atoms with Gasteiger partial charge in [-0.2, -0.15) is 0 Å². The summed E-state index contributed by atoms with van der Waals surface area (Å²) in [7, 11) is 4.07. The normalized spacial score (nSPS) is 10.5. The molecule has 3 aromatic rings. The fourth-order valence-corrected chi connectivity index (χ4v) is 2.33. The van der Waals surface area contributed by atoms with Crippen molar-refractivity contribution in [1.82, 2.24) is 24.6 Å². The van der Waals surface area contributed by atoms with E-state index in [1.54, 1.807) is 6.33 Å². The Balaban J connectivity index is 0.000000545. The maximum atomic E-state index is 8.36. The molecule has 2 aromatic heterocycles. The molecule has 0 bridgehead atoms. The van der Waals surface area contributed by atoms with Gasteiger partial charge in [-0.3, -0.25) is 9.69 Å². The van der Waals surface area contributed by atoms with Crippen LogP contribution in [-0.2, 0) is 24.9 Å². The van der Waals surface area contributed by atoms with Crippen LogP contribution in [0.25, 0.3) is 10.9 Å². The van der Waals surface area contributed by atoms with Crippen molar-refractivity contribution in [3.63, 3.8) is 0 Å². The summed E-state index contributed by atoms with van der Waals surface area (Å²) in [4.78, 5) is 13.8. The largest absolute Gasteiger partial charge is 0.483 e. The predicted molar refractivity (Wildman–Crippen MR) is 83.2 cm³/mol. The van der Waals surface area contributed by atoms with E-state index in [9.17, 15) is 0 Å². The Bertz CT molecular complexity index is 734. The molecule has 0 aliphatic rings. The van der Waals surface area contributed by atoms with Gasteiger partial charge < -0.3 is 14.7 Å². The number of aromatic amines is 1. The van der Waals surface area contributed by atoms with E-state index in [0.717, 1.165) is 18.9 Å². The number of carbonyl (C=O) groups is 1. The molecule has 2 heterocycles. The molecule has 22 heavy (non-hydrogen) atoms. The molecule has 0 amide bonds. The lowest BCUT2D eigenvalue weighted by molar-refractivity contribution is -0.122. The highest BCUT2D eigenvalue weighted by atomic mass is 16.3. The molecule has 0 fully saturated rings. The fraction of sp³-hybridized carbons (Fsp3) is 0.267. The quantitative estimate of drug-likeness (QED) is 0.715. The van der Waals surface area contributed by atoms with Gasteiger partial charge in [-0.1, -0.05) is 12.1 Å². The van der Waals surface area contributed by atoms with Crippen molar-refractivity contribution in [3.05, 3.63) is 48.2 Å². The lowest BCUT2D eigenvalue weighted by Gasteiger charge is -2.16. The molecule has 0 unspecified atom stereocenters. The molecule has 0 atom stereocenters. The number of benzene rings is 1. The third-order valence-corrected chi connectivity index (χ3v) is 3.34. The van der Waals surface area contributed by atoms with Gasteiger partial charge in [0.2, 0.25) is 0 Å². The molecular weight excluding hydrogens is 282 g/mol. The van der Waals surface area contributed by atoms with Gasteiger partial charge in [0, 0.05) is 30.7 Å². The average Bonchev–Trinajstić information content (AvgIpc) is 3.10. The maximum absolute atomic E-state index is 8.36. The number of fused-ring (bicyclic) bond motifs is 1. The standard InChI is InChI=1S/C14H17N5.CH2O2/c1-18(9-14-17-16-10-19(14)2)8-11-4-3-5-13-12(11)6-7-15-13;2-1-3/h3-7,10,15H,8-9H2,1-2H3;1H,(H,2,3). The van der Waals surface area contributed by atoms with Crippen LogP contribution in [0.4, 0.5) is 0 Å². The van der Waals surface area contributed by atoms with Gasteiger partial charge in [-0.05, 0) is 24.7 Å². The van der Waals surface area contributed by atoms with E-state index in [0.29, 0.717) is 0 Å². The zero-order valence-corrected chi connectivity index (χ0v) is 12.6. The molecule has 0 saturated heterocycles. The topological polar surface area (TPSA) is 87.0 Å². The summed E-state index contributed by atoms with van der Waals surface area (Å²) in [6, 6.07) is 8.48. The van der Waals surface area contributed by atoms with Crippen LogP contribution in [0.2, 0.25) is 0 Å². The molecule has 116 valence electrons. The number of hydrogen-bond donors (Lipinski definition) is 2. The zero-order chi connectivity index (χ0) is 15.9. The fourth-order valence-electron chi connectivity index (χ4n) is 2.33. The number of nitrogens with zero attached hydrogens (tertiary/aromatic N) is 4. The summed E-state index contributed by atoms with van der Waals surface area (Å²) in [5.41, 5.74) is 2.51. The second kappa shape index (κ2) is 7.37. The van der Waals surface area contributed by atoms with Crippen molar-refractivity contribution in [3.8, 4) is 0 Å². The van der Waals surface area contributed by atoms with Crippen LogP contribution < -0.4 is 0 Å². The van der Waals surface area contributed by atoms with Crippen LogP contribution in [-0.4, -0.2) is 43.3 Å². The SMILES string of the molecule is CN(Cc1cccc2[nH]ccc12)Cc1nncn1C.O=CO. The Labute approximate surface area is 128 Å². The first-order chi connectivity index (χ1) is 10.7. The van der Waals surface area contributed by atoms with Gasteiger partial charge in [0.1, 0.15) is 12.2 Å². The van der Waals surface area contributed by atoms with Crippen molar-refractivity contribution in [2.24, 2.45) is 7.05 Å². The molecule has 7 heteroatoms. The molecule has 2 N–H and O–H groups in total. The van der Waals surface area contributed by atoms with Crippen LogP contribution >= 0.6 is 0 Å². The highest BCUT2D eigenvalue weighted by Gasteiger charge is 2.08. The maximum Gasteiger partial charge on any atom is 0.290 e. The lowest BCUT2D eigenvalue weighted by atomic mass is 10.1. The van der Waals surface area contributed by atoms with Gasteiger partial charge in [0.05, 0.1) is 6.54 Å². The van der Waals surface area contributed by atoms with E-state index in [-0.39, 0.29) is 6.47 Å². The summed E-state index contributed by atoms with van der Waals surface area (Å²) in [5, 5.41) is 16.2. The Morgan fingerprint density at radius 1 is 1.36 bits per heavy atom. The number of aromatic nitrogens is 4. The molecule has 7 nitrogen and oxygen atoms in total. The van der Waals surface area contributed by atoms with Crippen LogP contribution in [0.15, 0.2) is 36.8 Å². The van der Waals surface area contributed by atoms with Gasteiger partial charge >= 0.3 is 0 Å².